The summed E-state index contributed by atoms with van der Waals surface area (Å²) < 4.78 is 0. The van der Waals surface area contributed by atoms with Gasteiger partial charge >= 0.3 is 0 Å². The van der Waals surface area contributed by atoms with Gasteiger partial charge in [-0.25, -0.2) is 0 Å². The largest absolute Gasteiger partial charge is 0.361 e. The van der Waals surface area contributed by atoms with Crippen molar-refractivity contribution in [1.82, 2.24) is 4.98 Å². The van der Waals surface area contributed by atoms with E-state index in [2.05, 4.69) is 110 Å². The number of hydrogen-bond acceptors (Lipinski definition) is 0. The van der Waals surface area contributed by atoms with E-state index in [0.29, 0.717) is 0 Å². The molecule has 0 spiro atoms. The van der Waals surface area contributed by atoms with Gasteiger partial charge < -0.3 is 4.98 Å². The Balaban J connectivity index is 1.71. The van der Waals surface area contributed by atoms with E-state index in [-0.39, 0.29) is 5.41 Å². The van der Waals surface area contributed by atoms with Crippen LogP contribution in [0.1, 0.15) is 49.8 Å². The van der Waals surface area contributed by atoms with Crippen LogP contribution in [0.2, 0.25) is 0 Å². The zero-order chi connectivity index (χ0) is 20.8. The second kappa shape index (κ2) is 9.34. The third-order valence-electron chi connectivity index (χ3n) is 6.62. The fourth-order valence-electron chi connectivity index (χ4n) is 4.95. The van der Waals surface area contributed by atoms with Crippen LogP contribution in [0.3, 0.4) is 0 Å². The van der Waals surface area contributed by atoms with Crippen molar-refractivity contribution < 1.29 is 0 Å². The quantitative estimate of drug-likeness (QED) is 0.300. The summed E-state index contributed by atoms with van der Waals surface area (Å²) >= 11 is 0. The summed E-state index contributed by atoms with van der Waals surface area (Å²) in [7, 11) is 0. The Labute approximate surface area is 181 Å². The molecular weight excluding hydrogens is 362 g/mol. The van der Waals surface area contributed by atoms with Crippen molar-refractivity contribution in [3.63, 3.8) is 0 Å². The highest BCUT2D eigenvalue weighted by Gasteiger charge is 2.38. The molecule has 4 aromatic rings. The Bertz CT molecular complexity index is 1050. The smallest absolute Gasteiger partial charge is 0.0456 e. The Kier molecular flexibility index (Phi) is 6.38. The lowest BCUT2D eigenvalue weighted by atomic mass is 9.63. The van der Waals surface area contributed by atoms with Gasteiger partial charge in [-0.15, -0.1) is 0 Å². The van der Waals surface area contributed by atoms with Crippen LogP contribution >= 0.6 is 0 Å². The van der Waals surface area contributed by atoms with Crippen LogP contribution in [0.15, 0.2) is 91.1 Å². The SMILES string of the molecule is CCCC(Cc1c[nH]c2ccccc12)([C](C)CCc1ccccc1)c1ccccc1. The van der Waals surface area contributed by atoms with Gasteiger partial charge in [-0.3, -0.25) is 0 Å². The highest BCUT2D eigenvalue weighted by Crippen LogP contribution is 2.44. The van der Waals surface area contributed by atoms with Gasteiger partial charge in [0.1, 0.15) is 0 Å². The van der Waals surface area contributed by atoms with E-state index >= 15 is 0 Å². The minimum atomic E-state index is 0.0513. The third-order valence-corrected chi connectivity index (χ3v) is 6.62. The van der Waals surface area contributed by atoms with Crippen molar-refractivity contribution in [2.45, 2.75) is 51.4 Å². The van der Waals surface area contributed by atoms with E-state index in [0.717, 1.165) is 25.7 Å². The second-order valence-corrected chi connectivity index (χ2v) is 8.50. The molecule has 1 heterocycles. The number of aryl methyl sites for hydroxylation is 1. The van der Waals surface area contributed by atoms with Crippen LogP contribution in [0.5, 0.6) is 0 Å². The monoisotopic (exact) mass is 394 g/mol. The molecule has 1 radical (unpaired) electrons. The first kappa shape index (κ1) is 20.5. The first-order chi connectivity index (χ1) is 14.7. The van der Waals surface area contributed by atoms with Crippen LogP contribution in [0.25, 0.3) is 10.9 Å². The van der Waals surface area contributed by atoms with E-state index in [1.807, 2.05) is 0 Å². The molecule has 0 fully saturated rings. The molecule has 1 nitrogen and oxygen atoms in total. The molecule has 1 N–H and O–H groups in total. The Morgan fingerprint density at radius 2 is 1.50 bits per heavy atom. The maximum absolute atomic E-state index is 3.49. The minimum Gasteiger partial charge on any atom is -0.361 e. The standard InChI is InChI=1S/C29H32N/c1-3-20-29(26-14-8-5-9-15-26,23(2)18-19-24-12-6-4-7-13-24)21-25-22-30-28-17-11-10-16-27(25)28/h4-17,22,30H,3,18-21H2,1-2H3. The van der Waals surface area contributed by atoms with Gasteiger partial charge in [0.05, 0.1) is 0 Å². The van der Waals surface area contributed by atoms with E-state index in [9.17, 15) is 0 Å². The number of rotatable bonds is 9. The van der Waals surface area contributed by atoms with Crippen LogP contribution < -0.4 is 0 Å². The predicted molar refractivity (Wildman–Crippen MR) is 129 cm³/mol. The molecule has 3 aromatic carbocycles. The highest BCUT2D eigenvalue weighted by atomic mass is 14.7. The number of aromatic amines is 1. The Morgan fingerprint density at radius 1 is 0.833 bits per heavy atom. The lowest BCUT2D eigenvalue weighted by Crippen LogP contribution is -2.35. The number of aromatic nitrogens is 1. The summed E-state index contributed by atoms with van der Waals surface area (Å²) in [5, 5.41) is 1.35. The van der Waals surface area contributed by atoms with E-state index in [4.69, 9.17) is 0 Å². The molecule has 0 aliphatic carbocycles. The van der Waals surface area contributed by atoms with Crippen LogP contribution in [0.4, 0.5) is 0 Å². The number of H-pyrrole nitrogens is 1. The van der Waals surface area contributed by atoms with Crippen LogP contribution in [0, 0.1) is 5.92 Å². The number of benzene rings is 3. The maximum atomic E-state index is 3.49. The first-order valence-corrected chi connectivity index (χ1v) is 11.2. The van der Waals surface area contributed by atoms with Crippen molar-refractivity contribution >= 4 is 10.9 Å². The van der Waals surface area contributed by atoms with Crippen LogP contribution in [-0.4, -0.2) is 4.98 Å². The average Bonchev–Trinajstić information content (AvgIpc) is 3.21. The molecule has 1 heteroatoms. The lowest BCUT2D eigenvalue weighted by molar-refractivity contribution is 0.384. The van der Waals surface area contributed by atoms with Crippen molar-refractivity contribution in [3.8, 4) is 0 Å². The first-order valence-electron chi connectivity index (χ1n) is 11.2. The van der Waals surface area contributed by atoms with Crippen molar-refractivity contribution in [2.75, 3.05) is 0 Å². The van der Waals surface area contributed by atoms with Crippen molar-refractivity contribution in [2.24, 2.45) is 0 Å². The lowest BCUT2D eigenvalue weighted by Gasteiger charge is -2.40. The minimum absolute atomic E-state index is 0.0513. The Hall–Kier alpha value is -2.80. The second-order valence-electron chi connectivity index (χ2n) is 8.50. The molecule has 4 rings (SSSR count). The van der Waals surface area contributed by atoms with Crippen LogP contribution in [-0.2, 0) is 18.3 Å². The molecule has 1 unspecified atom stereocenters. The number of para-hydroxylation sites is 1. The molecule has 0 saturated carbocycles. The average molecular weight is 395 g/mol. The molecule has 0 aliphatic heterocycles. The molecule has 1 aromatic heterocycles. The van der Waals surface area contributed by atoms with Gasteiger partial charge in [0, 0.05) is 22.5 Å². The van der Waals surface area contributed by atoms with Gasteiger partial charge in [0.25, 0.3) is 0 Å². The number of fused-ring (bicyclic) bond motifs is 1. The molecule has 0 saturated heterocycles. The zero-order valence-electron chi connectivity index (χ0n) is 18.2. The molecule has 30 heavy (non-hydrogen) atoms. The van der Waals surface area contributed by atoms with Crippen molar-refractivity contribution in [3.05, 3.63) is 114 Å². The Morgan fingerprint density at radius 3 is 2.23 bits per heavy atom. The molecule has 0 aliphatic rings. The highest BCUT2D eigenvalue weighted by molar-refractivity contribution is 5.83. The summed E-state index contributed by atoms with van der Waals surface area (Å²) in [4.78, 5) is 3.49. The maximum Gasteiger partial charge on any atom is 0.0456 e. The summed E-state index contributed by atoms with van der Waals surface area (Å²) in [5.41, 5.74) is 5.57. The molecule has 1 atom stereocenters. The number of hydrogen-bond donors (Lipinski definition) is 1. The zero-order valence-corrected chi connectivity index (χ0v) is 18.2. The van der Waals surface area contributed by atoms with Gasteiger partial charge in [0.15, 0.2) is 0 Å². The normalized spacial score (nSPS) is 13.6. The van der Waals surface area contributed by atoms with Gasteiger partial charge in [-0.2, -0.15) is 0 Å². The van der Waals surface area contributed by atoms with Gasteiger partial charge in [-0.05, 0) is 54.4 Å². The van der Waals surface area contributed by atoms with Crippen molar-refractivity contribution in [1.29, 1.82) is 0 Å². The van der Waals surface area contributed by atoms with E-state index in [1.54, 1.807) is 5.92 Å². The third kappa shape index (κ3) is 4.21. The number of nitrogens with one attached hydrogen (secondary N) is 1. The summed E-state index contributed by atoms with van der Waals surface area (Å²) in [6.07, 6.45) is 7.80. The fourth-order valence-corrected chi connectivity index (χ4v) is 4.95. The summed E-state index contributed by atoms with van der Waals surface area (Å²) in [6, 6.07) is 30.7. The van der Waals surface area contributed by atoms with E-state index < -0.39 is 0 Å². The van der Waals surface area contributed by atoms with Gasteiger partial charge in [0.2, 0.25) is 0 Å². The predicted octanol–water partition coefficient (Wildman–Crippen LogP) is 7.68. The molecular formula is C29H32N. The topological polar surface area (TPSA) is 15.8 Å². The molecule has 0 bridgehead atoms. The fraction of sp³-hybridized carbons (Fsp3) is 0.276. The molecule has 0 amide bonds. The summed E-state index contributed by atoms with van der Waals surface area (Å²) in [5.74, 6) is 1.59. The molecule has 153 valence electrons. The van der Waals surface area contributed by atoms with Gasteiger partial charge in [-0.1, -0.05) is 99.1 Å². The summed E-state index contributed by atoms with van der Waals surface area (Å²) in [6.45, 7) is 4.71. The van der Waals surface area contributed by atoms with E-state index in [1.165, 1.54) is 34.0 Å².